The number of carboxylic acid groups (broad SMARTS) is 1. The van der Waals surface area contributed by atoms with E-state index in [-0.39, 0.29) is 23.9 Å². The monoisotopic (exact) mass is 458 g/mol. The average Bonchev–Trinajstić information content (AvgIpc) is 2.68. The summed E-state index contributed by atoms with van der Waals surface area (Å²) in [5.41, 5.74) is 0. The highest BCUT2D eigenvalue weighted by atomic mass is 79.9. The third kappa shape index (κ3) is 4.52. The summed E-state index contributed by atoms with van der Waals surface area (Å²) in [4.78, 5) is 25.9. The zero-order valence-electron chi connectivity index (χ0n) is 14.9. The van der Waals surface area contributed by atoms with Gasteiger partial charge < -0.3 is 10.0 Å². The molecular formula is C18H23BrN2O5S. The standard InChI is InChI=1S/C18H23BrN2O5S/c19-15-5-7-16(8-6-15)27(25,26)21-10-2-3-13(12-21)17(22)20-9-1-4-14(11-20)18(23)24/h5-8,13-14H,1-4,9-12H2,(H,23,24). The molecule has 2 atom stereocenters. The maximum Gasteiger partial charge on any atom is 0.308 e. The highest BCUT2D eigenvalue weighted by molar-refractivity contribution is 9.10. The molecule has 27 heavy (non-hydrogen) atoms. The Labute approximate surface area is 167 Å². The van der Waals surface area contributed by atoms with E-state index in [2.05, 4.69) is 15.9 Å². The van der Waals surface area contributed by atoms with Crippen molar-refractivity contribution in [1.82, 2.24) is 9.21 Å². The van der Waals surface area contributed by atoms with Crippen molar-refractivity contribution in [2.45, 2.75) is 30.6 Å². The topological polar surface area (TPSA) is 95.0 Å². The number of rotatable bonds is 4. The highest BCUT2D eigenvalue weighted by Crippen LogP contribution is 2.27. The number of nitrogens with zero attached hydrogens (tertiary/aromatic N) is 2. The molecule has 2 fully saturated rings. The fourth-order valence-electron chi connectivity index (χ4n) is 3.76. The lowest BCUT2D eigenvalue weighted by atomic mass is 9.94. The number of benzene rings is 1. The Balaban J connectivity index is 1.71. The van der Waals surface area contributed by atoms with Crippen LogP contribution in [0.4, 0.5) is 0 Å². The van der Waals surface area contributed by atoms with Gasteiger partial charge in [-0.25, -0.2) is 8.42 Å². The van der Waals surface area contributed by atoms with Crippen LogP contribution < -0.4 is 0 Å². The van der Waals surface area contributed by atoms with Crippen molar-refractivity contribution in [3.8, 4) is 0 Å². The number of halogens is 1. The first-order valence-corrected chi connectivity index (χ1v) is 11.3. The Morgan fingerprint density at radius 1 is 1.00 bits per heavy atom. The molecule has 0 spiro atoms. The van der Waals surface area contributed by atoms with Gasteiger partial charge in [0, 0.05) is 30.7 Å². The molecule has 2 unspecified atom stereocenters. The lowest BCUT2D eigenvalue weighted by molar-refractivity contribution is -0.147. The SMILES string of the molecule is O=C(O)C1CCCN(C(=O)C2CCCN(S(=O)(=O)c3ccc(Br)cc3)C2)C1. The van der Waals surface area contributed by atoms with Crippen LogP contribution in [0.2, 0.25) is 0 Å². The molecule has 2 heterocycles. The zero-order chi connectivity index (χ0) is 19.6. The summed E-state index contributed by atoms with van der Waals surface area (Å²) >= 11 is 3.30. The number of piperidine rings is 2. The molecule has 1 aromatic rings. The van der Waals surface area contributed by atoms with Crippen LogP contribution in [0.1, 0.15) is 25.7 Å². The van der Waals surface area contributed by atoms with Gasteiger partial charge in [0.25, 0.3) is 0 Å². The molecule has 0 radical (unpaired) electrons. The maximum atomic E-state index is 12.9. The molecule has 0 aromatic heterocycles. The molecule has 1 amide bonds. The second-order valence-electron chi connectivity index (χ2n) is 7.12. The molecule has 7 nitrogen and oxygen atoms in total. The number of aliphatic carboxylic acids is 1. The van der Waals surface area contributed by atoms with E-state index >= 15 is 0 Å². The van der Waals surface area contributed by atoms with Crippen molar-refractivity contribution in [3.63, 3.8) is 0 Å². The van der Waals surface area contributed by atoms with Gasteiger partial charge in [-0.15, -0.1) is 0 Å². The molecule has 2 saturated heterocycles. The largest absolute Gasteiger partial charge is 0.481 e. The van der Waals surface area contributed by atoms with Crippen molar-refractivity contribution in [2.24, 2.45) is 11.8 Å². The lowest BCUT2D eigenvalue weighted by Crippen LogP contribution is -2.49. The Morgan fingerprint density at radius 3 is 2.30 bits per heavy atom. The predicted molar refractivity (Wildman–Crippen MR) is 103 cm³/mol. The van der Waals surface area contributed by atoms with Crippen LogP contribution >= 0.6 is 15.9 Å². The molecule has 1 aromatic carbocycles. The summed E-state index contributed by atoms with van der Waals surface area (Å²) in [6.07, 6.45) is 2.48. The average molecular weight is 459 g/mol. The number of amides is 1. The van der Waals surface area contributed by atoms with E-state index < -0.39 is 27.8 Å². The van der Waals surface area contributed by atoms with Crippen molar-refractivity contribution < 1.29 is 23.1 Å². The number of carboxylic acids is 1. The quantitative estimate of drug-likeness (QED) is 0.745. The van der Waals surface area contributed by atoms with Gasteiger partial charge in [-0.2, -0.15) is 4.31 Å². The van der Waals surface area contributed by atoms with Gasteiger partial charge in [0.15, 0.2) is 0 Å². The first-order chi connectivity index (χ1) is 12.8. The summed E-state index contributed by atoms with van der Waals surface area (Å²) in [6.45, 7) is 1.29. The first-order valence-electron chi connectivity index (χ1n) is 9.06. The van der Waals surface area contributed by atoms with Gasteiger partial charge >= 0.3 is 5.97 Å². The van der Waals surface area contributed by atoms with Gasteiger partial charge in [0.1, 0.15) is 0 Å². The first kappa shape index (κ1) is 20.3. The number of hydrogen-bond donors (Lipinski definition) is 1. The van der Waals surface area contributed by atoms with Gasteiger partial charge in [-0.3, -0.25) is 9.59 Å². The van der Waals surface area contributed by atoms with E-state index in [0.717, 1.165) is 4.47 Å². The molecule has 1 N–H and O–H groups in total. The third-order valence-electron chi connectivity index (χ3n) is 5.27. The van der Waals surface area contributed by atoms with E-state index in [0.29, 0.717) is 38.8 Å². The van der Waals surface area contributed by atoms with Crippen LogP contribution in [0, 0.1) is 11.8 Å². The fourth-order valence-corrected chi connectivity index (χ4v) is 5.54. The smallest absolute Gasteiger partial charge is 0.308 e. The van der Waals surface area contributed by atoms with Crippen LogP contribution in [0.5, 0.6) is 0 Å². The normalized spacial score (nSPS) is 24.6. The minimum absolute atomic E-state index is 0.128. The molecular weight excluding hydrogens is 436 g/mol. The Kier molecular flexibility index (Phi) is 6.22. The molecule has 0 saturated carbocycles. The van der Waals surface area contributed by atoms with E-state index in [1.165, 1.54) is 4.31 Å². The summed E-state index contributed by atoms with van der Waals surface area (Å²) in [5.74, 6) is -1.96. The summed E-state index contributed by atoms with van der Waals surface area (Å²) in [5, 5.41) is 9.21. The molecule has 0 bridgehead atoms. The molecule has 3 rings (SSSR count). The van der Waals surface area contributed by atoms with Gasteiger partial charge in [0.05, 0.1) is 16.7 Å². The molecule has 2 aliphatic heterocycles. The molecule has 2 aliphatic rings. The van der Waals surface area contributed by atoms with Crippen molar-refractivity contribution in [1.29, 1.82) is 0 Å². The zero-order valence-corrected chi connectivity index (χ0v) is 17.3. The van der Waals surface area contributed by atoms with Crippen LogP contribution in [0.25, 0.3) is 0 Å². The van der Waals surface area contributed by atoms with E-state index in [9.17, 15) is 23.1 Å². The molecule has 0 aliphatic carbocycles. The fraction of sp³-hybridized carbons (Fsp3) is 0.556. The van der Waals surface area contributed by atoms with Gasteiger partial charge in [-0.1, -0.05) is 15.9 Å². The van der Waals surface area contributed by atoms with Crippen molar-refractivity contribution in [3.05, 3.63) is 28.7 Å². The Hall–Kier alpha value is -1.45. The van der Waals surface area contributed by atoms with Crippen molar-refractivity contribution >= 4 is 37.8 Å². The predicted octanol–water partition coefficient (Wildman–Crippen LogP) is 2.17. The summed E-state index contributed by atoms with van der Waals surface area (Å²) < 4.78 is 28.0. The maximum absolute atomic E-state index is 12.9. The van der Waals surface area contributed by atoms with Crippen molar-refractivity contribution in [2.75, 3.05) is 26.2 Å². The second kappa shape index (κ2) is 8.28. The van der Waals surface area contributed by atoms with E-state index in [4.69, 9.17) is 0 Å². The minimum Gasteiger partial charge on any atom is -0.481 e. The van der Waals surface area contributed by atoms with Crippen LogP contribution in [0.3, 0.4) is 0 Å². The Bertz CT molecular complexity index is 812. The number of hydrogen-bond acceptors (Lipinski definition) is 4. The Morgan fingerprint density at radius 2 is 1.63 bits per heavy atom. The number of likely N-dealkylation sites (tertiary alicyclic amines) is 1. The van der Waals surface area contributed by atoms with Crippen LogP contribution in [0.15, 0.2) is 33.6 Å². The number of carbonyl (C=O) groups is 2. The van der Waals surface area contributed by atoms with Gasteiger partial charge in [0.2, 0.25) is 15.9 Å². The molecule has 148 valence electrons. The molecule has 9 heteroatoms. The van der Waals surface area contributed by atoms with E-state index in [1.807, 2.05) is 0 Å². The summed E-state index contributed by atoms with van der Waals surface area (Å²) in [7, 11) is -3.65. The van der Waals surface area contributed by atoms with Crippen LogP contribution in [-0.2, 0) is 19.6 Å². The van der Waals surface area contributed by atoms with E-state index in [1.54, 1.807) is 29.2 Å². The van der Waals surface area contributed by atoms with Gasteiger partial charge in [-0.05, 0) is 49.9 Å². The third-order valence-corrected chi connectivity index (χ3v) is 7.68. The second-order valence-corrected chi connectivity index (χ2v) is 9.97. The highest BCUT2D eigenvalue weighted by Gasteiger charge is 2.37. The minimum atomic E-state index is -3.65. The van der Waals surface area contributed by atoms with Crippen LogP contribution in [-0.4, -0.2) is 60.8 Å². The summed E-state index contributed by atoms with van der Waals surface area (Å²) in [6, 6.07) is 6.46. The lowest BCUT2D eigenvalue weighted by Gasteiger charge is -2.37. The number of carbonyl (C=O) groups excluding carboxylic acids is 1. The number of sulfonamides is 1.